The fourth-order valence-electron chi connectivity index (χ4n) is 2.63. The number of carbonyl (C=O) groups is 1. The lowest BCUT2D eigenvalue weighted by atomic mass is 10.0. The average molecular weight is 286 g/mol. The van der Waals surface area contributed by atoms with E-state index >= 15 is 0 Å². The molecule has 1 aliphatic rings. The van der Waals surface area contributed by atoms with Crippen LogP contribution in [0, 0.1) is 5.92 Å². The van der Waals surface area contributed by atoms with Gasteiger partial charge in [0.1, 0.15) is 11.5 Å². The topological polar surface area (TPSA) is 65.2 Å². The molecule has 1 aromatic heterocycles. The van der Waals surface area contributed by atoms with Gasteiger partial charge < -0.3 is 9.26 Å². The second kappa shape index (κ2) is 6.52. The fraction of sp³-hybridized carbons (Fsp3) is 0.438. The quantitative estimate of drug-likeness (QED) is 0.816. The molecule has 21 heavy (non-hydrogen) atoms. The van der Waals surface area contributed by atoms with Crippen LogP contribution >= 0.6 is 0 Å². The zero-order valence-electron chi connectivity index (χ0n) is 11.8. The number of ether oxygens (including phenoxy) is 1. The van der Waals surface area contributed by atoms with E-state index in [2.05, 4.69) is 10.1 Å². The van der Waals surface area contributed by atoms with Gasteiger partial charge in [0.15, 0.2) is 6.61 Å². The molecule has 0 amide bonds. The highest BCUT2D eigenvalue weighted by atomic mass is 16.5. The van der Waals surface area contributed by atoms with E-state index in [1.54, 1.807) is 0 Å². The van der Waals surface area contributed by atoms with Crippen LogP contribution in [0.3, 0.4) is 0 Å². The van der Waals surface area contributed by atoms with E-state index in [-0.39, 0.29) is 24.7 Å². The molecule has 110 valence electrons. The average Bonchev–Trinajstić information content (AvgIpc) is 3.18. The van der Waals surface area contributed by atoms with Gasteiger partial charge in [-0.3, -0.25) is 4.79 Å². The molecule has 0 bridgehead atoms. The van der Waals surface area contributed by atoms with Crippen LogP contribution < -0.4 is 4.74 Å². The summed E-state index contributed by atoms with van der Waals surface area (Å²) in [5, 5.41) is 3.85. The summed E-state index contributed by atoms with van der Waals surface area (Å²) in [6, 6.07) is 9.46. The number of nitrogens with zero attached hydrogens (tertiary/aromatic N) is 2. The van der Waals surface area contributed by atoms with Gasteiger partial charge in [-0.05, 0) is 25.0 Å². The second-order valence-corrected chi connectivity index (χ2v) is 5.33. The van der Waals surface area contributed by atoms with Gasteiger partial charge in [-0.2, -0.15) is 4.98 Å². The molecular weight excluding hydrogens is 268 g/mol. The summed E-state index contributed by atoms with van der Waals surface area (Å²) in [4.78, 5) is 16.3. The zero-order valence-corrected chi connectivity index (χ0v) is 11.8. The predicted octanol–water partition coefficient (Wildman–Crippen LogP) is 2.95. The molecule has 0 saturated heterocycles. The Morgan fingerprint density at radius 3 is 2.76 bits per heavy atom. The number of carbonyl (C=O) groups excluding carboxylic acids is 1. The van der Waals surface area contributed by atoms with Crippen molar-refractivity contribution < 1.29 is 14.1 Å². The minimum absolute atomic E-state index is 0.181. The Hall–Kier alpha value is -2.17. The molecule has 1 fully saturated rings. The molecule has 0 aliphatic heterocycles. The number of rotatable bonds is 6. The van der Waals surface area contributed by atoms with E-state index in [1.165, 1.54) is 0 Å². The van der Waals surface area contributed by atoms with Crippen molar-refractivity contribution in [2.24, 2.45) is 5.92 Å². The van der Waals surface area contributed by atoms with Crippen molar-refractivity contribution in [3.63, 3.8) is 0 Å². The third-order valence-electron chi connectivity index (χ3n) is 3.76. The number of ketones is 1. The van der Waals surface area contributed by atoms with Gasteiger partial charge in [0.2, 0.25) is 11.7 Å². The van der Waals surface area contributed by atoms with Gasteiger partial charge in [0.25, 0.3) is 0 Å². The highest BCUT2D eigenvalue weighted by Crippen LogP contribution is 2.26. The van der Waals surface area contributed by atoms with Crippen molar-refractivity contribution in [3.8, 4) is 5.75 Å². The minimum Gasteiger partial charge on any atom is -0.485 e. The fourth-order valence-corrected chi connectivity index (χ4v) is 2.63. The molecule has 0 spiro atoms. The third-order valence-corrected chi connectivity index (χ3v) is 3.76. The smallest absolute Gasteiger partial charge is 0.234 e. The maximum atomic E-state index is 12.0. The van der Waals surface area contributed by atoms with Crippen LogP contribution in [0.15, 0.2) is 34.9 Å². The van der Waals surface area contributed by atoms with Crippen molar-refractivity contribution in [1.82, 2.24) is 10.1 Å². The van der Waals surface area contributed by atoms with Crippen molar-refractivity contribution in [1.29, 1.82) is 0 Å². The number of para-hydroxylation sites is 1. The lowest BCUT2D eigenvalue weighted by Gasteiger charge is -2.04. The van der Waals surface area contributed by atoms with E-state index in [0.29, 0.717) is 11.7 Å². The normalized spacial score (nSPS) is 15.2. The van der Waals surface area contributed by atoms with Gasteiger partial charge in [0.05, 0.1) is 6.42 Å². The number of aromatic nitrogens is 2. The Bertz CT molecular complexity index is 589. The molecule has 1 aromatic carbocycles. The summed E-state index contributed by atoms with van der Waals surface area (Å²) in [6.07, 6.45) is 4.53. The number of Topliss-reactive ketones (excluding diaryl/α,β-unsaturated/α-hetero) is 1. The van der Waals surface area contributed by atoms with E-state index < -0.39 is 0 Å². The molecular formula is C16H18N2O3. The molecule has 0 unspecified atom stereocenters. The lowest BCUT2D eigenvalue weighted by molar-refractivity contribution is -0.122. The van der Waals surface area contributed by atoms with Crippen LogP contribution in [0.5, 0.6) is 5.75 Å². The summed E-state index contributed by atoms with van der Waals surface area (Å²) in [5.74, 6) is 2.00. The Labute approximate surface area is 123 Å². The van der Waals surface area contributed by atoms with Crippen LogP contribution in [-0.4, -0.2) is 15.9 Å². The summed E-state index contributed by atoms with van der Waals surface area (Å²) in [6.45, 7) is 0.241. The van der Waals surface area contributed by atoms with E-state index in [0.717, 1.165) is 31.4 Å². The molecule has 0 radical (unpaired) electrons. The van der Waals surface area contributed by atoms with E-state index in [9.17, 15) is 4.79 Å². The number of hydrogen-bond donors (Lipinski definition) is 0. The highest BCUT2D eigenvalue weighted by Gasteiger charge is 2.24. The molecule has 5 heteroatoms. The number of hydrogen-bond acceptors (Lipinski definition) is 5. The Kier molecular flexibility index (Phi) is 4.28. The van der Waals surface area contributed by atoms with E-state index in [1.807, 2.05) is 30.3 Å². The van der Waals surface area contributed by atoms with Crippen LogP contribution in [0.1, 0.15) is 37.4 Å². The first kappa shape index (κ1) is 13.8. The largest absolute Gasteiger partial charge is 0.485 e. The lowest BCUT2D eigenvalue weighted by Crippen LogP contribution is -2.13. The molecule has 0 N–H and O–H groups in total. The summed E-state index contributed by atoms with van der Waals surface area (Å²) < 4.78 is 10.7. The van der Waals surface area contributed by atoms with Gasteiger partial charge in [-0.25, -0.2) is 0 Å². The first-order valence-electron chi connectivity index (χ1n) is 7.33. The molecule has 0 atom stereocenters. The Balaban J connectivity index is 1.52. The van der Waals surface area contributed by atoms with Crippen molar-refractivity contribution in [2.75, 3.05) is 0 Å². The highest BCUT2D eigenvalue weighted by molar-refractivity contribution is 5.82. The van der Waals surface area contributed by atoms with Crippen molar-refractivity contribution in [2.45, 2.75) is 38.7 Å². The summed E-state index contributed by atoms with van der Waals surface area (Å²) in [5.41, 5.74) is 0. The van der Waals surface area contributed by atoms with E-state index in [4.69, 9.17) is 9.26 Å². The minimum atomic E-state index is 0.181. The third kappa shape index (κ3) is 3.68. The molecule has 5 nitrogen and oxygen atoms in total. The molecule has 1 saturated carbocycles. The van der Waals surface area contributed by atoms with Gasteiger partial charge in [-0.15, -0.1) is 0 Å². The van der Waals surface area contributed by atoms with Crippen LogP contribution in [0.4, 0.5) is 0 Å². The Morgan fingerprint density at radius 1 is 1.24 bits per heavy atom. The first-order valence-corrected chi connectivity index (χ1v) is 7.33. The number of benzene rings is 1. The second-order valence-electron chi connectivity index (χ2n) is 5.33. The maximum Gasteiger partial charge on any atom is 0.234 e. The van der Waals surface area contributed by atoms with Gasteiger partial charge in [0, 0.05) is 5.92 Å². The summed E-state index contributed by atoms with van der Waals surface area (Å²) in [7, 11) is 0. The summed E-state index contributed by atoms with van der Waals surface area (Å²) >= 11 is 0. The van der Waals surface area contributed by atoms with Crippen LogP contribution in [-0.2, 0) is 17.8 Å². The predicted molar refractivity (Wildman–Crippen MR) is 75.7 cm³/mol. The SMILES string of the molecule is O=C(Cc1nc(COc2ccccc2)no1)C1CCCC1. The first-order chi connectivity index (χ1) is 10.3. The zero-order chi connectivity index (χ0) is 14.5. The van der Waals surface area contributed by atoms with Gasteiger partial charge in [-0.1, -0.05) is 36.2 Å². The molecule has 1 heterocycles. The van der Waals surface area contributed by atoms with Crippen LogP contribution in [0.25, 0.3) is 0 Å². The maximum absolute atomic E-state index is 12.0. The van der Waals surface area contributed by atoms with Crippen molar-refractivity contribution in [3.05, 3.63) is 42.0 Å². The monoisotopic (exact) mass is 286 g/mol. The standard InChI is InChI=1S/C16H18N2O3/c19-14(12-6-4-5-7-12)10-16-17-15(18-21-16)11-20-13-8-2-1-3-9-13/h1-3,8-9,12H,4-7,10-11H2. The molecule has 3 rings (SSSR count). The Morgan fingerprint density at radius 2 is 2.00 bits per heavy atom. The molecule has 2 aromatic rings. The van der Waals surface area contributed by atoms with Crippen LogP contribution in [0.2, 0.25) is 0 Å². The van der Waals surface area contributed by atoms with Crippen molar-refractivity contribution >= 4 is 5.78 Å². The van der Waals surface area contributed by atoms with Gasteiger partial charge >= 0.3 is 0 Å². The molecule has 1 aliphatic carbocycles.